The van der Waals surface area contributed by atoms with Gasteiger partial charge in [0.1, 0.15) is 0 Å². The molecule has 0 aromatic carbocycles. The zero-order valence-corrected chi connectivity index (χ0v) is 11.1. The smallest absolute Gasteiger partial charge is 0.335 e. The van der Waals surface area contributed by atoms with E-state index in [1.54, 1.807) is 6.92 Å². The molecule has 0 saturated carbocycles. The molecule has 18 heavy (non-hydrogen) atoms. The summed E-state index contributed by atoms with van der Waals surface area (Å²) in [5.74, 6) is -0.858. The van der Waals surface area contributed by atoms with E-state index in [0.717, 1.165) is 12.8 Å². The van der Waals surface area contributed by atoms with Gasteiger partial charge in [-0.3, -0.25) is 0 Å². The zero-order chi connectivity index (χ0) is 14.4. The Bertz CT molecular complexity index is 271. The predicted octanol–water partition coefficient (Wildman–Crippen LogP) is 1.61. The maximum Gasteiger partial charge on any atom is 0.335 e. The molecule has 0 heterocycles. The molecule has 1 N–H and O–H groups in total. The maximum absolute atomic E-state index is 10.5. The lowest BCUT2D eigenvalue weighted by Crippen LogP contribution is -2.08. The number of ether oxygens (including phenoxy) is 2. The molecule has 0 atom stereocenters. The summed E-state index contributed by atoms with van der Waals surface area (Å²) in [6, 6.07) is 0. The van der Waals surface area contributed by atoms with Gasteiger partial charge in [-0.25, -0.2) is 9.59 Å². The van der Waals surface area contributed by atoms with Gasteiger partial charge >= 0.3 is 11.9 Å². The Morgan fingerprint density at radius 3 is 2.28 bits per heavy atom. The van der Waals surface area contributed by atoms with E-state index in [4.69, 9.17) is 5.11 Å². The predicted molar refractivity (Wildman–Crippen MR) is 68.9 cm³/mol. The first-order valence-corrected chi connectivity index (χ1v) is 5.78. The van der Waals surface area contributed by atoms with Crippen molar-refractivity contribution in [3.63, 3.8) is 0 Å². The van der Waals surface area contributed by atoms with Crippen LogP contribution in [0.2, 0.25) is 0 Å². The number of carbonyl (C=O) groups is 2. The molecule has 0 unspecified atom stereocenters. The Morgan fingerprint density at radius 1 is 1.28 bits per heavy atom. The van der Waals surface area contributed by atoms with E-state index < -0.39 is 5.97 Å². The quantitative estimate of drug-likeness (QED) is 0.426. The Kier molecular flexibility index (Phi) is 14.0. The van der Waals surface area contributed by atoms with Gasteiger partial charge in [0.25, 0.3) is 0 Å². The van der Waals surface area contributed by atoms with Gasteiger partial charge in [-0.1, -0.05) is 26.5 Å². The number of aliphatic hydroxyl groups is 1. The molecule has 0 aliphatic heterocycles. The molecule has 0 bridgehead atoms. The fourth-order valence-corrected chi connectivity index (χ4v) is 0.674. The van der Waals surface area contributed by atoms with E-state index in [1.165, 1.54) is 6.08 Å². The van der Waals surface area contributed by atoms with Crippen LogP contribution in [0.3, 0.4) is 0 Å². The molecule has 0 amide bonds. The van der Waals surface area contributed by atoms with E-state index in [2.05, 4.69) is 22.6 Å². The van der Waals surface area contributed by atoms with Gasteiger partial charge < -0.3 is 14.6 Å². The summed E-state index contributed by atoms with van der Waals surface area (Å²) in [6.07, 6.45) is 3.15. The molecule has 5 nitrogen and oxygen atoms in total. The highest BCUT2D eigenvalue weighted by atomic mass is 16.5. The monoisotopic (exact) mass is 258 g/mol. The van der Waals surface area contributed by atoms with Crippen LogP contribution >= 0.6 is 0 Å². The second kappa shape index (κ2) is 13.4. The lowest BCUT2D eigenvalue weighted by atomic mass is 10.3. The van der Waals surface area contributed by atoms with Crippen molar-refractivity contribution in [2.75, 3.05) is 19.8 Å². The van der Waals surface area contributed by atoms with Crippen LogP contribution < -0.4 is 0 Å². The van der Waals surface area contributed by atoms with Gasteiger partial charge in [-0.2, -0.15) is 0 Å². The summed E-state index contributed by atoms with van der Waals surface area (Å²) < 4.78 is 9.17. The second-order valence-electron chi connectivity index (χ2n) is 3.21. The number of aliphatic hydroxyl groups excluding tert-OH is 1. The Morgan fingerprint density at radius 2 is 1.89 bits per heavy atom. The normalized spacial score (nSPS) is 8.61. The van der Waals surface area contributed by atoms with Crippen LogP contribution in [0.5, 0.6) is 0 Å². The minimum Gasteiger partial charge on any atom is -0.463 e. The average Bonchev–Trinajstić information content (AvgIpc) is 2.38. The fraction of sp³-hybridized carbons (Fsp3) is 0.538. The largest absolute Gasteiger partial charge is 0.463 e. The van der Waals surface area contributed by atoms with Gasteiger partial charge in [0.15, 0.2) is 0 Å². The van der Waals surface area contributed by atoms with E-state index in [-0.39, 0.29) is 18.1 Å². The van der Waals surface area contributed by atoms with Crippen LogP contribution in [-0.4, -0.2) is 36.9 Å². The highest BCUT2D eigenvalue weighted by molar-refractivity contribution is 5.87. The van der Waals surface area contributed by atoms with Crippen molar-refractivity contribution in [3.8, 4) is 0 Å². The molecule has 0 aliphatic carbocycles. The van der Waals surface area contributed by atoms with Crippen molar-refractivity contribution in [1.29, 1.82) is 0 Å². The number of hydrogen-bond donors (Lipinski definition) is 1. The first kappa shape index (κ1) is 18.7. The SMILES string of the molecule is C=C(CO)C(=O)OCC.C=CC(=O)OCCCC. The van der Waals surface area contributed by atoms with Crippen molar-refractivity contribution < 1.29 is 24.2 Å². The summed E-state index contributed by atoms with van der Waals surface area (Å²) in [4.78, 5) is 20.8. The molecule has 5 heteroatoms. The molecular formula is C13H22O5. The Hall–Kier alpha value is -1.62. The number of hydrogen-bond acceptors (Lipinski definition) is 5. The Balaban J connectivity index is 0. The molecule has 0 aromatic heterocycles. The van der Waals surface area contributed by atoms with Crippen molar-refractivity contribution in [2.45, 2.75) is 26.7 Å². The Labute approximate surface area is 108 Å². The molecule has 0 aliphatic rings. The summed E-state index contributed by atoms with van der Waals surface area (Å²) in [7, 11) is 0. The van der Waals surface area contributed by atoms with Gasteiger partial charge in [0.05, 0.1) is 25.4 Å². The van der Waals surface area contributed by atoms with Crippen molar-refractivity contribution >= 4 is 11.9 Å². The van der Waals surface area contributed by atoms with Crippen LogP contribution in [0.1, 0.15) is 26.7 Å². The van der Waals surface area contributed by atoms with Crippen LogP contribution in [0, 0.1) is 0 Å². The number of carbonyl (C=O) groups excluding carboxylic acids is 2. The highest BCUT2D eigenvalue weighted by Crippen LogP contribution is 1.91. The molecule has 0 rings (SSSR count). The number of unbranched alkanes of at least 4 members (excludes halogenated alkanes) is 1. The van der Waals surface area contributed by atoms with Crippen molar-refractivity contribution in [3.05, 3.63) is 24.8 Å². The van der Waals surface area contributed by atoms with Crippen molar-refractivity contribution in [1.82, 2.24) is 0 Å². The van der Waals surface area contributed by atoms with Crippen LogP contribution in [0.15, 0.2) is 24.8 Å². The summed E-state index contributed by atoms with van der Waals surface area (Å²) in [5, 5.41) is 8.33. The van der Waals surface area contributed by atoms with Crippen LogP contribution in [0.4, 0.5) is 0 Å². The van der Waals surface area contributed by atoms with E-state index >= 15 is 0 Å². The minimum absolute atomic E-state index is 0.0943. The summed E-state index contributed by atoms with van der Waals surface area (Å²) >= 11 is 0. The summed E-state index contributed by atoms with van der Waals surface area (Å²) in [6.45, 7) is 10.8. The van der Waals surface area contributed by atoms with Gasteiger partial charge in [-0.15, -0.1) is 0 Å². The average molecular weight is 258 g/mol. The van der Waals surface area contributed by atoms with E-state index in [1.807, 2.05) is 6.92 Å². The standard InChI is InChI=1S/C7H12O2.C6H10O3/c1-3-5-6-9-7(8)4-2;1-3-9-6(8)5(2)4-7/h4H,2-3,5-6H2,1H3;7H,2-4H2,1H3. The molecule has 0 aromatic rings. The third kappa shape index (κ3) is 12.4. The molecule has 0 spiro atoms. The molecule has 0 radical (unpaired) electrons. The maximum atomic E-state index is 10.5. The van der Waals surface area contributed by atoms with E-state index in [0.29, 0.717) is 13.2 Å². The fourth-order valence-electron chi connectivity index (χ4n) is 0.674. The van der Waals surface area contributed by atoms with E-state index in [9.17, 15) is 9.59 Å². The van der Waals surface area contributed by atoms with Gasteiger partial charge in [0, 0.05) is 6.08 Å². The van der Waals surface area contributed by atoms with Gasteiger partial charge in [0.2, 0.25) is 0 Å². The first-order chi connectivity index (χ1) is 8.53. The zero-order valence-electron chi connectivity index (χ0n) is 11.1. The van der Waals surface area contributed by atoms with Crippen LogP contribution in [0.25, 0.3) is 0 Å². The van der Waals surface area contributed by atoms with Gasteiger partial charge in [-0.05, 0) is 13.3 Å². The topological polar surface area (TPSA) is 72.8 Å². The first-order valence-electron chi connectivity index (χ1n) is 5.78. The third-order valence-corrected chi connectivity index (χ3v) is 1.66. The van der Waals surface area contributed by atoms with Crippen LogP contribution in [-0.2, 0) is 19.1 Å². The number of rotatable bonds is 7. The minimum atomic E-state index is -0.528. The summed E-state index contributed by atoms with van der Waals surface area (Å²) in [5.41, 5.74) is 0.0943. The highest BCUT2D eigenvalue weighted by Gasteiger charge is 2.03. The van der Waals surface area contributed by atoms with Crippen molar-refractivity contribution in [2.24, 2.45) is 0 Å². The second-order valence-corrected chi connectivity index (χ2v) is 3.21. The molecule has 104 valence electrons. The molecule has 0 saturated heterocycles. The number of esters is 2. The lowest BCUT2D eigenvalue weighted by Gasteiger charge is -1.99. The lowest BCUT2D eigenvalue weighted by molar-refractivity contribution is -0.139. The molecule has 0 fully saturated rings. The molecular weight excluding hydrogens is 236 g/mol. The third-order valence-electron chi connectivity index (χ3n) is 1.66.